The van der Waals surface area contributed by atoms with Crippen LogP contribution in [0.4, 0.5) is 4.39 Å². The van der Waals surface area contributed by atoms with Gasteiger partial charge < -0.3 is 9.40 Å². The summed E-state index contributed by atoms with van der Waals surface area (Å²) >= 11 is 0. The molecule has 0 saturated heterocycles. The number of aryl methyl sites for hydroxylation is 2. The number of halogens is 1. The number of para-hydroxylation sites is 1. The number of H-pyrrole nitrogens is 1. The molecule has 0 bridgehead atoms. The molecular formula is C19H14FN3O2. The fraction of sp³-hybridized carbons (Fsp3) is 0.105. The van der Waals surface area contributed by atoms with Crippen molar-refractivity contribution in [1.29, 1.82) is 0 Å². The standard InChI is InChI=1S/C19H14FN3O2/c20-13-5-3-4-12(10-13)16-11-21-17(22-16)8-9-18-23-15-7-2-1-6-14(15)19(24)25-18/h1-7,10-11H,8-9H2,(H,21,22). The second-order valence-electron chi connectivity index (χ2n) is 5.67. The summed E-state index contributed by atoms with van der Waals surface area (Å²) in [5, 5.41) is 0.470. The molecule has 6 heteroatoms. The zero-order valence-electron chi connectivity index (χ0n) is 13.2. The van der Waals surface area contributed by atoms with Crippen LogP contribution in [-0.2, 0) is 12.8 Å². The normalized spacial score (nSPS) is 11.1. The highest BCUT2D eigenvalue weighted by molar-refractivity contribution is 5.76. The Morgan fingerprint density at radius 2 is 1.96 bits per heavy atom. The number of nitrogens with zero attached hydrogens (tertiary/aromatic N) is 2. The molecule has 0 radical (unpaired) electrons. The van der Waals surface area contributed by atoms with Crippen molar-refractivity contribution in [2.75, 3.05) is 0 Å². The van der Waals surface area contributed by atoms with Gasteiger partial charge in [-0.1, -0.05) is 24.3 Å². The molecule has 5 nitrogen and oxygen atoms in total. The minimum absolute atomic E-state index is 0.296. The van der Waals surface area contributed by atoms with E-state index in [0.717, 1.165) is 17.1 Å². The predicted molar refractivity (Wildman–Crippen MR) is 91.7 cm³/mol. The SMILES string of the molecule is O=c1oc(CCc2ncc(-c3cccc(F)c3)[nH]2)nc2ccccc12. The van der Waals surface area contributed by atoms with Gasteiger partial charge in [0.15, 0.2) is 5.89 Å². The van der Waals surface area contributed by atoms with Crippen LogP contribution in [0.1, 0.15) is 11.7 Å². The number of rotatable bonds is 4. The number of hydrogen-bond donors (Lipinski definition) is 1. The van der Waals surface area contributed by atoms with Crippen LogP contribution >= 0.6 is 0 Å². The summed E-state index contributed by atoms with van der Waals surface area (Å²) in [7, 11) is 0. The van der Waals surface area contributed by atoms with Gasteiger partial charge in [0.1, 0.15) is 11.6 Å². The lowest BCUT2D eigenvalue weighted by Crippen LogP contribution is -2.06. The maximum Gasteiger partial charge on any atom is 0.346 e. The van der Waals surface area contributed by atoms with Crippen LogP contribution in [0.15, 0.2) is 63.9 Å². The lowest BCUT2D eigenvalue weighted by molar-refractivity contribution is 0.442. The summed E-state index contributed by atoms with van der Waals surface area (Å²) in [5.41, 5.74) is 1.70. The van der Waals surface area contributed by atoms with Crippen molar-refractivity contribution >= 4 is 10.9 Å². The van der Waals surface area contributed by atoms with Gasteiger partial charge in [-0.3, -0.25) is 0 Å². The molecule has 4 aromatic rings. The molecule has 124 valence electrons. The zero-order valence-corrected chi connectivity index (χ0v) is 13.2. The molecular weight excluding hydrogens is 321 g/mol. The molecule has 4 rings (SSSR count). The molecule has 0 fully saturated rings. The van der Waals surface area contributed by atoms with Crippen LogP contribution in [0.25, 0.3) is 22.2 Å². The van der Waals surface area contributed by atoms with E-state index in [0.29, 0.717) is 29.6 Å². The molecule has 0 aliphatic heterocycles. The third-order valence-electron chi connectivity index (χ3n) is 3.92. The molecule has 1 N–H and O–H groups in total. The molecule has 2 heterocycles. The molecule has 0 saturated carbocycles. The van der Waals surface area contributed by atoms with Crippen molar-refractivity contribution in [3.63, 3.8) is 0 Å². The molecule has 0 spiro atoms. The van der Waals surface area contributed by atoms with Gasteiger partial charge in [-0.05, 0) is 24.3 Å². The van der Waals surface area contributed by atoms with E-state index < -0.39 is 0 Å². The molecule has 0 unspecified atom stereocenters. The fourth-order valence-electron chi connectivity index (χ4n) is 2.69. The summed E-state index contributed by atoms with van der Waals surface area (Å²) in [5.74, 6) is 0.792. The van der Waals surface area contributed by atoms with Crippen molar-refractivity contribution in [1.82, 2.24) is 15.0 Å². The van der Waals surface area contributed by atoms with Crippen LogP contribution in [0.3, 0.4) is 0 Å². The highest BCUT2D eigenvalue weighted by Crippen LogP contribution is 2.18. The van der Waals surface area contributed by atoms with Gasteiger partial charge >= 0.3 is 5.63 Å². The summed E-state index contributed by atoms with van der Waals surface area (Å²) in [6.07, 6.45) is 2.63. The highest BCUT2D eigenvalue weighted by Gasteiger charge is 2.08. The summed E-state index contributed by atoms with van der Waals surface area (Å²) in [4.78, 5) is 23.8. The Labute approximate surface area is 142 Å². The Bertz CT molecular complexity index is 1100. The quantitative estimate of drug-likeness (QED) is 0.619. The third kappa shape index (κ3) is 3.19. The van der Waals surface area contributed by atoms with E-state index in [-0.39, 0.29) is 11.4 Å². The zero-order chi connectivity index (χ0) is 17.2. The van der Waals surface area contributed by atoms with E-state index >= 15 is 0 Å². The average molecular weight is 335 g/mol. The van der Waals surface area contributed by atoms with Gasteiger partial charge in [-0.25, -0.2) is 19.2 Å². The van der Waals surface area contributed by atoms with Gasteiger partial charge in [-0.2, -0.15) is 0 Å². The molecule has 0 aliphatic rings. The Morgan fingerprint density at radius 3 is 2.84 bits per heavy atom. The minimum atomic E-state index is -0.388. The smallest absolute Gasteiger partial charge is 0.346 e. The summed E-state index contributed by atoms with van der Waals surface area (Å²) < 4.78 is 18.6. The second-order valence-corrected chi connectivity index (χ2v) is 5.67. The number of nitrogens with one attached hydrogen (secondary N) is 1. The Kier molecular flexibility index (Phi) is 3.85. The van der Waals surface area contributed by atoms with Gasteiger partial charge in [0, 0.05) is 18.4 Å². The van der Waals surface area contributed by atoms with Crippen LogP contribution < -0.4 is 5.63 Å². The molecule has 2 aromatic carbocycles. The van der Waals surface area contributed by atoms with E-state index in [1.165, 1.54) is 12.1 Å². The Hall–Kier alpha value is -3.28. The van der Waals surface area contributed by atoms with E-state index in [2.05, 4.69) is 15.0 Å². The molecule has 25 heavy (non-hydrogen) atoms. The first-order valence-electron chi connectivity index (χ1n) is 7.87. The van der Waals surface area contributed by atoms with E-state index in [1.807, 2.05) is 12.1 Å². The first kappa shape index (κ1) is 15.3. The number of aromatic nitrogens is 3. The topological polar surface area (TPSA) is 71.8 Å². The molecule has 0 atom stereocenters. The van der Waals surface area contributed by atoms with E-state index in [4.69, 9.17) is 4.42 Å². The van der Waals surface area contributed by atoms with Gasteiger partial charge in [0.2, 0.25) is 0 Å². The Morgan fingerprint density at radius 1 is 1.08 bits per heavy atom. The number of imidazole rings is 1. The number of benzene rings is 2. The number of fused-ring (bicyclic) bond motifs is 1. The van der Waals surface area contributed by atoms with Crippen LogP contribution in [0.2, 0.25) is 0 Å². The van der Waals surface area contributed by atoms with Crippen molar-refractivity contribution in [3.8, 4) is 11.3 Å². The van der Waals surface area contributed by atoms with E-state index in [9.17, 15) is 9.18 Å². The maximum atomic E-state index is 13.3. The third-order valence-corrected chi connectivity index (χ3v) is 3.92. The van der Waals surface area contributed by atoms with Crippen LogP contribution in [0.5, 0.6) is 0 Å². The Balaban J connectivity index is 1.53. The largest absolute Gasteiger partial charge is 0.408 e. The molecule has 0 amide bonds. The van der Waals surface area contributed by atoms with Crippen LogP contribution in [0, 0.1) is 5.82 Å². The van der Waals surface area contributed by atoms with Gasteiger partial charge in [0.05, 0.1) is 22.8 Å². The second kappa shape index (κ2) is 6.32. The van der Waals surface area contributed by atoms with Crippen molar-refractivity contribution in [2.24, 2.45) is 0 Å². The number of aromatic amines is 1. The van der Waals surface area contributed by atoms with Crippen molar-refractivity contribution in [3.05, 3.63) is 82.7 Å². The van der Waals surface area contributed by atoms with Crippen molar-refractivity contribution < 1.29 is 8.81 Å². The monoisotopic (exact) mass is 335 g/mol. The van der Waals surface area contributed by atoms with Gasteiger partial charge in [-0.15, -0.1) is 0 Å². The molecule has 2 aromatic heterocycles. The van der Waals surface area contributed by atoms with E-state index in [1.54, 1.807) is 30.5 Å². The predicted octanol–water partition coefficient (Wildman–Crippen LogP) is 3.50. The number of hydrogen-bond acceptors (Lipinski definition) is 4. The lowest BCUT2D eigenvalue weighted by Gasteiger charge is -2.00. The van der Waals surface area contributed by atoms with Crippen molar-refractivity contribution in [2.45, 2.75) is 12.8 Å². The first-order chi connectivity index (χ1) is 12.2. The average Bonchev–Trinajstić information content (AvgIpc) is 3.09. The molecule has 0 aliphatic carbocycles. The van der Waals surface area contributed by atoms with Crippen LogP contribution in [-0.4, -0.2) is 15.0 Å². The minimum Gasteiger partial charge on any atom is -0.408 e. The summed E-state index contributed by atoms with van der Waals surface area (Å²) in [6.45, 7) is 0. The fourth-order valence-corrected chi connectivity index (χ4v) is 2.69. The lowest BCUT2D eigenvalue weighted by atomic mass is 10.2. The van der Waals surface area contributed by atoms with Gasteiger partial charge in [0.25, 0.3) is 0 Å². The highest BCUT2D eigenvalue weighted by atomic mass is 19.1. The maximum absolute atomic E-state index is 13.3. The first-order valence-corrected chi connectivity index (χ1v) is 7.87. The summed E-state index contributed by atoms with van der Waals surface area (Å²) in [6, 6.07) is 13.4.